The molecule has 0 aromatic carbocycles. The molecule has 1 fully saturated rings. The highest BCUT2D eigenvalue weighted by Gasteiger charge is 2.22. The molecule has 25 heavy (non-hydrogen) atoms. The first-order valence-electron chi connectivity index (χ1n) is 9.71. The van der Waals surface area contributed by atoms with Crippen LogP contribution in [-0.4, -0.2) is 41.5 Å². The molecule has 4 heteroatoms. The molecule has 0 unspecified atom stereocenters. The molecule has 2 aromatic heterocycles. The van der Waals surface area contributed by atoms with Gasteiger partial charge in [0.15, 0.2) is 0 Å². The Morgan fingerprint density at radius 3 is 2.76 bits per heavy atom. The van der Waals surface area contributed by atoms with E-state index >= 15 is 0 Å². The summed E-state index contributed by atoms with van der Waals surface area (Å²) in [6, 6.07) is 7.93. The number of rotatable bonds is 7. The maximum Gasteiger partial charge on any atom is 0.340 e. The maximum atomic E-state index is 12.6. The molecule has 1 aliphatic rings. The van der Waals surface area contributed by atoms with Gasteiger partial charge >= 0.3 is 5.97 Å². The van der Waals surface area contributed by atoms with E-state index in [2.05, 4.69) is 23.1 Å². The summed E-state index contributed by atoms with van der Waals surface area (Å²) >= 11 is 0. The van der Waals surface area contributed by atoms with Crippen molar-refractivity contribution in [1.82, 2.24) is 9.30 Å². The number of hydrogen-bond donors (Lipinski definition) is 0. The largest absolute Gasteiger partial charge is 0.462 e. The minimum Gasteiger partial charge on any atom is -0.462 e. The average Bonchev–Trinajstić information content (AvgIpc) is 3.04. The standard InChI is InChI=1S/C21H30N2O2/c1-3-5-11-22-13-9-17(10-14-22)16-25-21(24)19-15-18(4-2)23-12-7-6-8-20(19)23/h6-8,12,15,17H,3-5,9-11,13-14,16H2,1-2H3. The SMILES string of the molecule is CCCCN1CCC(COC(=O)c2cc(CC)n3ccccc23)CC1. The van der Waals surface area contributed by atoms with Crippen LogP contribution in [0.2, 0.25) is 0 Å². The Balaban J connectivity index is 1.55. The van der Waals surface area contributed by atoms with Crippen molar-refractivity contribution in [2.24, 2.45) is 5.92 Å². The van der Waals surface area contributed by atoms with Crippen molar-refractivity contribution in [2.45, 2.75) is 46.0 Å². The quantitative estimate of drug-likeness (QED) is 0.708. The van der Waals surface area contributed by atoms with Gasteiger partial charge in [-0.15, -0.1) is 0 Å². The summed E-state index contributed by atoms with van der Waals surface area (Å²) in [6.07, 6.45) is 7.71. The third-order valence-corrected chi connectivity index (χ3v) is 5.32. The van der Waals surface area contributed by atoms with Crippen molar-refractivity contribution in [1.29, 1.82) is 0 Å². The van der Waals surface area contributed by atoms with Crippen LogP contribution < -0.4 is 0 Å². The molecule has 3 heterocycles. The molecule has 0 radical (unpaired) electrons. The van der Waals surface area contributed by atoms with Gasteiger partial charge in [-0.3, -0.25) is 0 Å². The van der Waals surface area contributed by atoms with Gasteiger partial charge in [-0.1, -0.05) is 26.3 Å². The molecule has 0 spiro atoms. The first-order chi connectivity index (χ1) is 12.2. The van der Waals surface area contributed by atoms with Crippen LogP contribution in [0, 0.1) is 5.92 Å². The van der Waals surface area contributed by atoms with E-state index in [0.717, 1.165) is 43.6 Å². The molecule has 4 nitrogen and oxygen atoms in total. The van der Waals surface area contributed by atoms with Gasteiger partial charge in [0.2, 0.25) is 0 Å². The first kappa shape index (κ1) is 18.0. The molecular formula is C21H30N2O2. The van der Waals surface area contributed by atoms with Crippen LogP contribution in [0.25, 0.3) is 5.52 Å². The first-order valence-corrected chi connectivity index (χ1v) is 9.71. The zero-order chi connectivity index (χ0) is 17.6. The monoisotopic (exact) mass is 342 g/mol. The molecule has 0 atom stereocenters. The van der Waals surface area contributed by atoms with Gasteiger partial charge in [0.1, 0.15) is 0 Å². The topological polar surface area (TPSA) is 34.0 Å². The van der Waals surface area contributed by atoms with Crippen molar-refractivity contribution in [3.8, 4) is 0 Å². The van der Waals surface area contributed by atoms with E-state index in [0.29, 0.717) is 18.1 Å². The lowest BCUT2D eigenvalue weighted by Crippen LogP contribution is -2.36. The molecule has 136 valence electrons. The molecule has 0 bridgehead atoms. The third-order valence-electron chi connectivity index (χ3n) is 5.32. The van der Waals surface area contributed by atoms with Crippen LogP contribution in [0.15, 0.2) is 30.5 Å². The summed E-state index contributed by atoms with van der Waals surface area (Å²) in [5.41, 5.74) is 2.78. The van der Waals surface area contributed by atoms with Crippen molar-refractivity contribution >= 4 is 11.5 Å². The number of aromatic nitrogens is 1. The van der Waals surface area contributed by atoms with Crippen molar-refractivity contribution in [2.75, 3.05) is 26.2 Å². The number of esters is 1. The van der Waals surface area contributed by atoms with Gasteiger partial charge in [0.25, 0.3) is 0 Å². The van der Waals surface area contributed by atoms with Crippen LogP contribution in [0.1, 0.15) is 55.6 Å². The summed E-state index contributed by atoms with van der Waals surface area (Å²) in [4.78, 5) is 15.1. The molecule has 0 aliphatic carbocycles. The molecule has 0 N–H and O–H groups in total. The number of piperidine rings is 1. The van der Waals surface area contributed by atoms with Gasteiger partial charge in [-0.2, -0.15) is 0 Å². The van der Waals surface area contributed by atoms with Gasteiger partial charge in [-0.25, -0.2) is 4.79 Å². The highest BCUT2D eigenvalue weighted by atomic mass is 16.5. The van der Waals surface area contributed by atoms with Crippen molar-refractivity contribution in [3.05, 3.63) is 41.7 Å². The fraction of sp³-hybridized carbons (Fsp3) is 0.571. The second kappa shape index (κ2) is 8.52. The molecule has 1 aliphatic heterocycles. The molecular weight excluding hydrogens is 312 g/mol. The van der Waals surface area contributed by atoms with Crippen LogP contribution in [-0.2, 0) is 11.2 Å². The summed E-state index contributed by atoms with van der Waals surface area (Å²) in [5, 5.41) is 0. The van der Waals surface area contributed by atoms with E-state index in [1.165, 1.54) is 19.4 Å². The van der Waals surface area contributed by atoms with Gasteiger partial charge in [-0.05, 0) is 69.4 Å². The molecule has 1 saturated heterocycles. The lowest BCUT2D eigenvalue weighted by molar-refractivity contribution is 0.0374. The number of carbonyl (C=O) groups excluding carboxylic acids is 1. The number of nitrogens with zero attached hydrogens (tertiary/aromatic N) is 2. The molecule has 2 aromatic rings. The highest BCUT2D eigenvalue weighted by Crippen LogP contribution is 2.21. The summed E-state index contributed by atoms with van der Waals surface area (Å²) < 4.78 is 7.77. The minimum absolute atomic E-state index is 0.184. The Morgan fingerprint density at radius 2 is 2.04 bits per heavy atom. The number of ether oxygens (including phenoxy) is 1. The molecule has 0 saturated carbocycles. The normalized spacial score (nSPS) is 16.4. The van der Waals surface area contributed by atoms with Gasteiger partial charge < -0.3 is 14.0 Å². The molecule has 3 rings (SSSR count). The lowest BCUT2D eigenvalue weighted by atomic mass is 9.97. The smallest absolute Gasteiger partial charge is 0.340 e. The van der Waals surface area contributed by atoms with Crippen LogP contribution in [0.4, 0.5) is 0 Å². The average molecular weight is 342 g/mol. The predicted molar refractivity (Wildman–Crippen MR) is 101 cm³/mol. The summed E-state index contributed by atoms with van der Waals surface area (Å²) in [7, 11) is 0. The Morgan fingerprint density at radius 1 is 1.24 bits per heavy atom. The number of fused-ring (bicyclic) bond motifs is 1. The van der Waals surface area contributed by atoms with Gasteiger partial charge in [0.05, 0.1) is 17.7 Å². The van der Waals surface area contributed by atoms with Crippen LogP contribution in [0.3, 0.4) is 0 Å². The Labute approximate surface area is 150 Å². The second-order valence-corrected chi connectivity index (χ2v) is 7.10. The third kappa shape index (κ3) is 4.24. The Hall–Kier alpha value is -1.81. The summed E-state index contributed by atoms with van der Waals surface area (Å²) in [5.74, 6) is 0.318. The van der Waals surface area contributed by atoms with E-state index in [1.54, 1.807) is 0 Å². The fourth-order valence-corrected chi connectivity index (χ4v) is 3.69. The lowest BCUT2D eigenvalue weighted by Gasteiger charge is -2.31. The van der Waals surface area contributed by atoms with E-state index < -0.39 is 0 Å². The van der Waals surface area contributed by atoms with Crippen molar-refractivity contribution < 1.29 is 9.53 Å². The number of pyridine rings is 1. The van der Waals surface area contributed by atoms with E-state index in [9.17, 15) is 4.79 Å². The van der Waals surface area contributed by atoms with E-state index in [4.69, 9.17) is 4.74 Å². The summed E-state index contributed by atoms with van der Waals surface area (Å²) in [6.45, 7) is 8.37. The van der Waals surface area contributed by atoms with Crippen molar-refractivity contribution in [3.63, 3.8) is 0 Å². The number of carbonyl (C=O) groups is 1. The second-order valence-electron chi connectivity index (χ2n) is 7.10. The van der Waals surface area contributed by atoms with E-state index in [-0.39, 0.29) is 5.97 Å². The fourth-order valence-electron chi connectivity index (χ4n) is 3.69. The van der Waals surface area contributed by atoms with Crippen LogP contribution >= 0.6 is 0 Å². The van der Waals surface area contributed by atoms with Gasteiger partial charge in [0, 0.05) is 11.9 Å². The number of aryl methyl sites for hydroxylation is 1. The maximum absolute atomic E-state index is 12.6. The number of unbranched alkanes of at least 4 members (excludes halogenated alkanes) is 1. The van der Waals surface area contributed by atoms with E-state index in [1.807, 2.05) is 30.5 Å². The zero-order valence-corrected chi connectivity index (χ0v) is 15.5. The minimum atomic E-state index is -0.184. The Bertz CT molecular complexity index is 699. The molecule has 0 amide bonds. The number of likely N-dealkylation sites (tertiary alicyclic amines) is 1. The predicted octanol–water partition coefficient (Wildman–Crippen LogP) is 4.17. The van der Waals surface area contributed by atoms with Crippen LogP contribution in [0.5, 0.6) is 0 Å². The zero-order valence-electron chi connectivity index (χ0n) is 15.5. The number of hydrogen-bond acceptors (Lipinski definition) is 3. The highest BCUT2D eigenvalue weighted by molar-refractivity contribution is 5.97. The Kier molecular flexibility index (Phi) is 6.14.